The Labute approximate surface area is 121 Å². The van der Waals surface area contributed by atoms with Gasteiger partial charge in [-0.15, -0.1) is 0 Å². The van der Waals surface area contributed by atoms with E-state index in [1.807, 2.05) is 0 Å². The van der Waals surface area contributed by atoms with Crippen molar-refractivity contribution in [2.45, 2.75) is 19.8 Å². The predicted molar refractivity (Wildman–Crippen MR) is 77.6 cm³/mol. The highest BCUT2D eigenvalue weighted by Gasteiger charge is 2.18. The molecule has 104 valence electrons. The van der Waals surface area contributed by atoms with Gasteiger partial charge in [-0.3, -0.25) is 9.69 Å². The monoisotopic (exact) mass is 328 g/mol. The average molecular weight is 329 g/mol. The number of anilines is 1. The van der Waals surface area contributed by atoms with Crippen LogP contribution in [0.3, 0.4) is 0 Å². The highest BCUT2D eigenvalue weighted by Crippen LogP contribution is 2.20. The quantitative estimate of drug-likeness (QED) is 0.923. The summed E-state index contributed by atoms with van der Waals surface area (Å²) in [4.78, 5) is 14.0. The molecular weight excluding hydrogens is 311 g/mol. The lowest BCUT2D eigenvalue weighted by Gasteiger charge is -2.30. The van der Waals surface area contributed by atoms with Crippen LogP contribution < -0.4 is 5.32 Å². The molecule has 1 aromatic rings. The zero-order valence-corrected chi connectivity index (χ0v) is 12.5. The number of amides is 1. The fraction of sp³-hybridized carbons (Fsp3) is 0.500. The van der Waals surface area contributed by atoms with E-state index in [0.29, 0.717) is 16.9 Å². The second-order valence-electron chi connectivity index (χ2n) is 5.15. The molecule has 0 radical (unpaired) electrons. The minimum atomic E-state index is -0.422. The molecule has 1 N–H and O–H groups in total. The van der Waals surface area contributed by atoms with Crippen LogP contribution in [0.25, 0.3) is 0 Å². The van der Waals surface area contributed by atoms with Gasteiger partial charge in [0.25, 0.3) is 0 Å². The van der Waals surface area contributed by atoms with Crippen LogP contribution in [-0.2, 0) is 4.79 Å². The first-order valence-corrected chi connectivity index (χ1v) is 7.31. The lowest BCUT2D eigenvalue weighted by molar-refractivity contribution is -0.117. The first kappa shape index (κ1) is 14.5. The lowest BCUT2D eigenvalue weighted by Crippen LogP contribution is -2.39. The summed E-state index contributed by atoms with van der Waals surface area (Å²) in [6, 6.07) is 4.62. The van der Waals surface area contributed by atoms with Crippen molar-refractivity contribution in [3.05, 3.63) is 28.5 Å². The molecule has 1 atom stereocenters. The normalized spacial score (nSPS) is 20.3. The van der Waals surface area contributed by atoms with Crippen molar-refractivity contribution < 1.29 is 9.18 Å². The summed E-state index contributed by atoms with van der Waals surface area (Å²) in [7, 11) is 0. The zero-order chi connectivity index (χ0) is 13.8. The molecule has 1 aromatic carbocycles. The third-order valence-electron chi connectivity index (χ3n) is 3.31. The van der Waals surface area contributed by atoms with Crippen molar-refractivity contribution in [1.29, 1.82) is 0 Å². The largest absolute Gasteiger partial charge is 0.322 e. The first-order valence-electron chi connectivity index (χ1n) is 6.52. The lowest BCUT2D eigenvalue weighted by atomic mass is 10.0. The SMILES string of the molecule is CC1CCCN(CC(=O)Nc2ccc(Br)cc2F)C1. The molecule has 19 heavy (non-hydrogen) atoms. The summed E-state index contributed by atoms with van der Waals surface area (Å²) < 4.78 is 14.3. The molecule has 1 amide bonds. The van der Waals surface area contributed by atoms with Crippen LogP contribution in [0.15, 0.2) is 22.7 Å². The number of carbonyl (C=O) groups is 1. The Morgan fingerprint density at radius 2 is 2.37 bits per heavy atom. The molecule has 5 heteroatoms. The number of benzene rings is 1. The van der Waals surface area contributed by atoms with Crippen LogP contribution in [-0.4, -0.2) is 30.4 Å². The Hall–Kier alpha value is -0.940. The number of carbonyl (C=O) groups excluding carboxylic acids is 1. The fourth-order valence-corrected chi connectivity index (χ4v) is 2.75. The molecule has 2 rings (SSSR count). The van der Waals surface area contributed by atoms with Crippen molar-refractivity contribution >= 4 is 27.5 Å². The van der Waals surface area contributed by atoms with E-state index < -0.39 is 5.82 Å². The Kier molecular flexibility index (Phi) is 4.93. The van der Waals surface area contributed by atoms with Gasteiger partial charge in [0.05, 0.1) is 12.2 Å². The van der Waals surface area contributed by atoms with E-state index in [1.54, 1.807) is 12.1 Å². The summed E-state index contributed by atoms with van der Waals surface area (Å²) in [6.45, 7) is 4.41. The molecular formula is C14H18BrFN2O. The van der Waals surface area contributed by atoms with E-state index in [2.05, 4.69) is 33.1 Å². The van der Waals surface area contributed by atoms with E-state index in [0.717, 1.165) is 19.5 Å². The summed E-state index contributed by atoms with van der Waals surface area (Å²) in [5.41, 5.74) is 0.234. The van der Waals surface area contributed by atoms with Gasteiger partial charge in [0.1, 0.15) is 5.82 Å². The van der Waals surface area contributed by atoms with Crippen LogP contribution in [0.5, 0.6) is 0 Å². The van der Waals surface area contributed by atoms with Crippen molar-refractivity contribution in [2.24, 2.45) is 5.92 Å². The predicted octanol–water partition coefficient (Wildman–Crippen LogP) is 3.26. The molecule has 0 spiro atoms. The van der Waals surface area contributed by atoms with Crippen LogP contribution in [0.2, 0.25) is 0 Å². The van der Waals surface area contributed by atoms with Gasteiger partial charge >= 0.3 is 0 Å². The molecule has 1 aliphatic heterocycles. The highest BCUT2D eigenvalue weighted by atomic mass is 79.9. The van der Waals surface area contributed by atoms with E-state index in [4.69, 9.17) is 0 Å². The third-order valence-corrected chi connectivity index (χ3v) is 3.81. The van der Waals surface area contributed by atoms with E-state index in [9.17, 15) is 9.18 Å². The van der Waals surface area contributed by atoms with Gasteiger partial charge in [-0.2, -0.15) is 0 Å². The Bertz CT molecular complexity index is 467. The maximum atomic E-state index is 13.6. The number of hydrogen-bond acceptors (Lipinski definition) is 2. The Morgan fingerprint density at radius 3 is 3.05 bits per heavy atom. The Balaban J connectivity index is 1.90. The molecule has 1 unspecified atom stereocenters. The van der Waals surface area contributed by atoms with Crippen LogP contribution in [0, 0.1) is 11.7 Å². The number of rotatable bonds is 3. The van der Waals surface area contributed by atoms with E-state index in [1.165, 1.54) is 12.5 Å². The van der Waals surface area contributed by atoms with Crippen LogP contribution >= 0.6 is 15.9 Å². The molecule has 1 heterocycles. The number of nitrogens with one attached hydrogen (secondary N) is 1. The summed E-state index contributed by atoms with van der Waals surface area (Å²) in [6.07, 6.45) is 2.35. The van der Waals surface area contributed by atoms with Crippen molar-refractivity contribution in [1.82, 2.24) is 4.90 Å². The first-order chi connectivity index (χ1) is 9.04. The molecule has 0 aliphatic carbocycles. The van der Waals surface area contributed by atoms with Crippen molar-refractivity contribution in [3.63, 3.8) is 0 Å². The molecule has 1 fully saturated rings. The average Bonchev–Trinajstić information content (AvgIpc) is 2.33. The molecule has 1 aliphatic rings. The molecule has 1 saturated heterocycles. The minimum Gasteiger partial charge on any atom is -0.322 e. The number of nitrogens with zero attached hydrogens (tertiary/aromatic N) is 1. The zero-order valence-electron chi connectivity index (χ0n) is 11.0. The Morgan fingerprint density at radius 1 is 1.58 bits per heavy atom. The van der Waals surface area contributed by atoms with Crippen molar-refractivity contribution in [3.8, 4) is 0 Å². The summed E-state index contributed by atoms with van der Waals surface area (Å²) in [5, 5.41) is 2.62. The summed E-state index contributed by atoms with van der Waals surface area (Å²) in [5.74, 6) is 0.0519. The van der Waals surface area contributed by atoms with E-state index in [-0.39, 0.29) is 11.6 Å². The molecule has 0 bridgehead atoms. The topological polar surface area (TPSA) is 32.3 Å². The fourth-order valence-electron chi connectivity index (χ4n) is 2.41. The molecule has 0 aromatic heterocycles. The number of hydrogen-bond donors (Lipinski definition) is 1. The maximum absolute atomic E-state index is 13.6. The molecule has 0 saturated carbocycles. The number of halogens is 2. The van der Waals surface area contributed by atoms with Gasteiger partial charge in [0, 0.05) is 11.0 Å². The van der Waals surface area contributed by atoms with Crippen LogP contribution in [0.1, 0.15) is 19.8 Å². The standard InChI is InChI=1S/C14H18BrFN2O/c1-10-3-2-6-18(8-10)9-14(19)17-13-5-4-11(15)7-12(13)16/h4-5,7,10H,2-3,6,8-9H2,1H3,(H,17,19). The highest BCUT2D eigenvalue weighted by molar-refractivity contribution is 9.10. The molecule has 3 nitrogen and oxygen atoms in total. The second-order valence-corrected chi connectivity index (χ2v) is 6.07. The number of likely N-dealkylation sites (tertiary alicyclic amines) is 1. The van der Waals surface area contributed by atoms with Crippen LogP contribution in [0.4, 0.5) is 10.1 Å². The van der Waals surface area contributed by atoms with Gasteiger partial charge in [-0.05, 0) is 43.5 Å². The minimum absolute atomic E-state index is 0.157. The van der Waals surface area contributed by atoms with Gasteiger partial charge < -0.3 is 5.32 Å². The van der Waals surface area contributed by atoms with E-state index >= 15 is 0 Å². The summed E-state index contributed by atoms with van der Waals surface area (Å²) >= 11 is 3.19. The van der Waals surface area contributed by atoms with Gasteiger partial charge in [-0.25, -0.2) is 4.39 Å². The number of piperidine rings is 1. The van der Waals surface area contributed by atoms with Gasteiger partial charge in [0.2, 0.25) is 5.91 Å². The van der Waals surface area contributed by atoms with Crippen molar-refractivity contribution in [2.75, 3.05) is 25.0 Å². The second kappa shape index (κ2) is 6.48. The van der Waals surface area contributed by atoms with Gasteiger partial charge in [-0.1, -0.05) is 22.9 Å². The smallest absolute Gasteiger partial charge is 0.238 e. The van der Waals surface area contributed by atoms with Gasteiger partial charge in [0.15, 0.2) is 0 Å². The maximum Gasteiger partial charge on any atom is 0.238 e. The third kappa shape index (κ3) is 4.28.